The fourth-order valence-electron chi connectivity index (χ4n) is 2.21. The second-order valence-electron chi connectivity index (χ2n) is 4.31. The maximum atomic E-state index is 4.24. The summed E-state index contributed by atoms with van der Waals surface area (Å²) < 4.78 is 0. The molecule has 0 unspecified atom stereocenters. The van der Waals surface area contributed by atoms with Gasteiger partial charge in [-0.25, -0.2) is 0 Å². The van der Waals surface area contributed by atoms with Gasteiger partial charge in [0.05, 0.1) is 5.69 Å². The molecule has 0 fully saturated rings. The van der Waals surface area contributed by atoms with Crippen LogP contribution in [0.1, 0.15) is 27.4 Å². The molecule has 2 aromatic rings. The average molecular weight is 245 g/mol. The van der Waals surface area contributed by atoms with E-state index in [1.165, 1.54) is 24.1 Å². The van der Waals surface area contributed by atoms with Crippen molar-refractivity contribution >= 4 is 11.3 Å². The third kappa shape index (κ3) is 2.53. The first-order valence-electron chi connectivity index (χ1n) is 5.98. The van der Waals surface area contributed by atoms with Gasteiger partial charge >= 0.3 is 0 Å². The van der Waals surface area contributed by atoms with Crippen LogP contribution >= 0.6 is 11.3 Å². The second kappa shape index (κ2) is 4.94. The Morgan fingerprint density at radius 2 is 2.24 bits per heavy atom. The van der Waals surface area contributed by atoms with Crippen LogP contribution in [0.25, 0.3) is 0 Å². The summed E-state index contributed by atoms with van der Waals surface area (Å²) in [6.45, 7) is 1.73. The highest BCUT2D eigenvalue weighted by Gasteiger charge is 2.14. The molecule has 1 N–H and O–H groups in total. The van der Waals surface area contributed by atoms with E-state index in [1.54, 1.807) is 29.0 Å². The number of nitrogens with zero attached hydrogens (tertiary/aromatic N) is 2. The largest absolute Gasteiger partial charge is 0.306 e. The monoisotopic (exact) mass is 245 g/mol. The lowest BCUT2D eigenvalue weighted by Gasteiger charge is -2.01. The molecule has 17 heavy (non-hydrogen) atoms. The summed E-state index contributed by atoms with van der Waals surface area (Å²) in [4.78, 5) is 11.3. The molecule has 1 aliphatic rings. The normalized spacial score (nSPS) is 13.9. The Balaban J connectivity index is 1.54. The minimum atomic E-state index is 0.788. The van der Waals surface area contributed by atoms with Crippen LogP contribution in [0.3, 0.4) is 0 Å². The average Bonchev–Trinajstić information content (AvgIpc) is 2.91. The van der Waals surface area contributed by atoms with Gasteiger partial charge in [-0.3, -0.25) is 9.97 Å². The molecule has 0 radical (unpaired) electrons. The lowest BCUT2D eigenvalue weighted by Crippen LogP contribution is -2.12. The number of thiophene rings is 1. The first-order valence-corrected chi connectivity index (χ1v) is 6.79. The van der Waals surface area contributed by atoms with E-state index in [2.05, 4.69) is 21.4 Å². The van der Waals surface area contributed by atoms with Crippen molar-refractivity contribution in [2.24, 2.45) is 0 Å². The van der Waals surface area contributed by atoms with Gasteiger partial charge in [0.1, 0.15) is 0 Å². The molecule has 2 aromatic heterocycles. The molecule has 1 aliphatic carbocycles. The van der Waals surface area contributed by atoms with Gasteiger partial charge in [0.2, 0.25) is 0 Å². The van der Waals surface area contributed by atoms with Crippen molar-refractivity contribution in [1.29, 1.82) is 0 Å². The van der Waals surface area contributed by atoms with Crippen molar-refractivity contribution < 1.29 is 0 Å². The fraction of sp³-hybridized carbons (Fsp3) is 0.385. The molecule has 0 spiro atoms. The van der Waals surface area contributed by atoms with Crippen molar-refractivity contribution in [3.63, 3.8) is 0 Å². The predicted octanol–water partition coefficient (Wildman–Crippen LogP) is 2.32. The fourth-order valence-corrected chi connectivity index (χ4v) is 3.44. The van der Waals surface area contributed by atoms with Gasteiger partial charge in [-0.05, 0) is 30.9 Å². The molecular weight excluding hydrogens is 230 g/mol. The van der Waals surface area contributed by atoms with Gasteiger partial charge in [0.15, 0.2) is 0 Å². The van der Waals surface area contributed by atoms with Gasteiger partial charge < -0.3 is 5.32 Å². The highest BCUT2D eigenvalue weighted by molar-refractivity contribution is 7.12. The maximum absolute atomic E-state index is 4.24. The standard InChI is InChI=1S/C13H15N3S/c1-2-10-6-12(17-13(10)3-1)9-15-8-11-7-14-4-5-16-11/h4-7,15H,1-3,8-9H2. The maximum Gasteiger partial charge on any atom is 0.0724 e. The molecular formula is C13H15N3S. The Hall–Kier alpha value is -1.26. The first kappa shape index (κ1) is 10.9. The summed E-state index contributed by atoms with van der Waals surface area (Å²) in [6, 6.07) is 2.36. The highest BCUT2D eigenvalue weighted by atomic mass is 32.1. The molecule has 0 bridgehead atoms. The highest BCUT2D eigenvalue weighted by Crippen LogP contribution is 2.30. The van der Waals surface area contributed by atoms with E-state index in [1.807, 2.05) is 11.3 Å². The zero-order valence-electron chi connectivity index (χ0n) is 9.65. The third-order valence-electron chi connectivity index (χ3n) is 3.02. The summed E-state index contributed by atoms with van der Waals surface area (Å²) in [5.74, 6) is 0. The molecule has 0 saturated carbocycles. The summed E-state index contributed by atoms with van der Waals surface area (Å²) in [6.07, 6.45) is 9.14. The number of hydrogen-bond acceptors (Lipinski definition) is 4. The van der Waals surface area contributed by atoms with Crippen molar-refractivity contribution in [3.05, 3.63) is 45.7 Å². The Morgan fingerprint density at radius 1 is 1.24 bits per heavy atom. The molecule has 0 aromatic carbocycles. The third-order valence-corrected chi connectivity index (χ3v) is 4.26. The number of aryl methyl sites for hydroxylation is 2. The molecule has 0 saturated heterocycles. The zero-order chi connectivity index (χ0) is 11.5. The molecule has 3 rings (SSSR count). The van der Waals surface area contributed by atoms with Gasteiger partial charge in [-0.2, -0.15) is 0 Å². The lowest BCUT2D eigenvalue weighted by molar-refractivity contribution is 0.683. The molecule has 2 heterocycles. The Bertz CT molecular complexity index is 471. The van der Waals surface area contributed by atoms with Gasteiger partial charge in [0, 0.05) is 41.4 Å². The van der Waals surface area contributed by atoms with E-state index in [9.17, 15) is 0 Å². The molecule has 0 atom stereocenters. The minimum Gasteiger partial charge on any atom is -0.306 e. The summed E-state index contributed by atoms with van der Waals surface area (Å²) in [5, 5.41) is 3.41. The number of hydrogen-bond donors (Lipinski definition) is 1. The second-order valence-corrected chi connectivity index (χ2v) is 5.54. The van der Waals surface area contributed by atoms with E-state index < -0.39 is 0 Å². The Morgan fingerprint density at radius 3 is 3.06 bits per heavy atom. The van der Waals surface area contributed by atoms with Crippen LogP contribution in [-0.2, 0) is 25.9 Å². The topological polar surface area (TPSA) is 37.8 Å². The van der Waals surface area contributed by atoms with Crippen LogP contribution in [0.15, 0.2) is 24.7 Å². The number of fused-ring (bicyclic) bond motifs is 1. The zero-order valence-corrected chi connectivity index (χ0v) is 10.5. The summed E-state index contributed by atoms with van der Waals surface area (Å²) >= 11 is 1.96. The van der Waals surface area contributed by atoms with Crippen molar-refractivity contribution in [3.8, 4) is 0 Å². The Kier molecular flexibility index (Phi) is 3.16. The molecule has 4 heteroatoms. The van der Waals surface area contributed by atoms with Crippen LogP contribution in [0.2, 0.25) is 0 Å². The van der Waals surface area contributed by atoms with Crippen LogP contribution in [0.5, 0.6) is 0 Å². The number of rotatable bonds is 4. The van der Waals surface area contributed by atoms with E-state index in [4.69, 9.17) is 0 Å². The summed E-state index contributed by atoms with van der Waals surface area (Å²) in [7, 11) is 0. The van der Waals surface area contributed by atoms with E-state index in [0.29, 0.717) is 0 Å². The van der Waals surface area contributed by atoms with Crippen molar-refractivity contribution in [2.75, 3.05) is 0 Å². The van der Waals surface area contributed by atoms with Crippen LogP contribution in [-0.4, -0.2) is 9.97 Å². The number of aromatic nitrogens is 2. The molecule has 88 valence electrons. The number of nitrogens with one attached hydrogen (secondary N) is 1. The van der Waals surface area contributed by atoms with Gasteiger partial charge in [0.25, 0.3) is 0 Å². The quantitative estimate of drug-likeness (QED) is 0.898. The van der Waals surface area contributed by atoms with Crippen LogP contribution < -0.4 is 5.32 Å². The smallest absolute Gasteiger partial charge is 0.0724 e. The molecule has 3 nitrogen and oxygen atoms in total. The van der Waals surface area contributed by atoms with Crippen molar-refractivity contribution in [2.45, 2.75) is 32.4 Å². The molecule has 0 amide bonds. The SMILES string of the molecule is c1cnc(CNCc2cc3c(s2)CCC3)cn1. The van der Waals surface area contributed by atoms with Crippen LogP contribution in [0, 0.1) is 0 Å². The van der Waals surface area contributed by atoms with Gasteiger partial charge in [-0.1, -0.05) is 0 Å². The van der Waals surface area contributed by atoms with E-state index in [-0.39, 0.29) is 0 Å². The van der Waals surface area contributed by atoms with Gasteiger partial charge in [-0.15, -0.1) is 11.3 Å². The molecule has 0 aliphatic heterocycles. The Labute approximate surface area is 105 Å². The van der Waals surface area contributed by atoms with E-state index in [0.717, 1.165) is 18.8 Å². The minimum absolute atomic E-state index is 0.788. The first-order chi connectivity index (χ1) is 8.42. The van der Waals surface area contributed by atoms with E-state index >= 15 is 0 Å². The van der Waals surface area contributed by atoms with Crippen LogP contribution in [0.4, 0.5) is 0 Å². The predicted molar refractivity (Wildman–Crippen MR) is 68.9 cm³/mol. The van der Waals surface area contributed by atoms with Crippen molar-refractivity contribution in [1.82, 2.24) is 15.3 Å². The summed E-state index contributed by atoms with van der Waals surface area (Å²) in [5.41, 5.74) is 2.57. The lowest BCUT2D eigenvalue weighted by atomic mass is 10.2.